The van der Waals surface area contributed by atoms with Gasteiger partial charge in [0.15, 0.2) is 0 Å². The van der Waals surface area contributed by atoms with Crippen LogP contribution in [0.4, 0.5) is 0 Å². The molecule has 1 rings (SSSR count). The molecule has 0 saturated heterocycles. The highest BCUT2D eigenvalue weighted by molar-refractivity contribution is 5.70. The van der Waals surface area contributed by atoms with Gasteiger partial charge in [-0.15, -0.1) is 0 Å². The molecule has 3 heteroatoms. The number of carbonyl (C=O) groups is 1. The van der Waals surface area contributed by atoms with Gasteiger partial charge in [-0.1, -0.05) is 33.1 Å². The van der Waals surface area contributed by atoms with E-state index in [2.05, 4.69) is 13.8 Å². The summed E-state index contributed by atoms with van der Waals surface area (Å²) in [5.74, 6) is 0.638. The van der Waals surface area contributed by atoms with Gasteiger partial charge in [0.2, 0.25) is 0 Å². The minimum absolute atomic E-state index is 0.0296. The number of hydrogen-bond donors (Lipinski definition) is 1. The maximum Gasteiger partial charge on any atom is 0.307 e. The molecule has 0 aromatic carbocycles. The summed E-state index contributed by atoms with van der Waals surface area (Å²) in [6.07, 6.45) is 8.21. The average molecular weight is 241 g/mol. The SMILES string of the molecule is CCCC(N)CC(=O)OC1CCCC(CC)C1. The van der Waals surface area contributed by atoms with Crippen LogP contribution in [0.25, 0.3) is 0 Å². The Hall–Kier alpha value is -0.570. The van der Waals surface area contributed by atoms with Gasteiger partial charge in [-0.05, 0) is 31.6 Å². The minimum Gasteiger partial charge on any atom is -0.462 e. The fourth-order valence-electron chi connectivity index (χ4n) is 2.64. The van der Waals surface area contributed by atoms with Crippen molar-refractivity contribution < 1.29 is 9.53 Å². The predicted molar refractivity (Wildman–Crippen MR) is 69.6 cm³/mol. The number of carbonyl (C=O) groups excluding carboxylic acids is 1. The van der Waals surface area contributed by atoms with Gasteiger partial charge in [-0.2, -0.15) is 0 Å². The van der Waals surface area contributed by atoms with Crippen LogP contribution in [0.15, 0.2) is 0 Å². The van der Waals surface area contributed by atoms with Crippen molar-refractivity contribution in [2.45, 2.75) is 77.4 Å². The summed E-state index contributed by atoms with van der Waals surface area (Å²) < 4.78 is 5.52. The van der Waals surface area contributed by atoms with Crippen LogP contribution in [0, 0.1) is 5.92 Å². The number of hydrogen-bond acceptors (Lipinski definition) is 3. The van der Waals surface area contributed by atoms with E-state index in [1.165, 1.54) is 19.3 Å². The lowest BCUT2D eigenvalue weighted by Gasteiger charge is -2.28. The topological polar surface area (TPSA) is 52.3 Å². The van der Waals surface area contributed by atoms with Crippen LogP contribution in [0.5, 0.6) is 0 Å². The Balaban J connectivity index is 2.25. The molecule has 2 N–H and O–H groups in total. The van der Waals surface area contributed by atoms with Gasteiger partial charge in [-0.25, -0.2) is 0 Å². The van der Waals surface area contributed by atoms with E-state index in [9.17, 15) is 4.79 Å². The second-order valence-electron chi connectivity index (χ2n) is 5.31. The molecule has 3 unspecified atom stereocenters. The summed E-state index contributed by atoms with van der Waals surface area (Å²) >= 11 is 0. The molecule has 0 radical (unpaired) electrons. The van der Waals surface area contributed by atoms with Crippen LogP contribution in [-0.2, 0) is 9.53 Å². The number of nitrogens with two attached hydrogens (primary N) is 1. The summed E-state index contributed by atoms with van der Waals surface area (Å²) in [5.41, 5.74) is 5.84. The van der Waals surface area contributed by atoms with Gasteiger partial charge < -0.3 is 10.5 Å². The third-order valence-corrected chi connectivity index (χ3v) is 3.70. The molecule has 0 bridgehead atoms. The first kappa shape index (κ1) is 14.5. The van der Waals surface area contributed by atoms with E-state index in [0.717, 1.165) is 31.6 Å². The van der Waals surface area contributed by atoms with Crippen molar-refractivity contribution in [1.82, 2.24) is 0 Å². The molecule has 0 aromatic rings. The second kappa shape index (κ2) is 7.70. The highest BCUT2D eigenvalue weighted by Crippen LogP contribution is 2.28. The first-order valence-corrected chi connectivity index (χ1v) is 7.10. The number of rotatable bonds is 6. The zero-order valence-corrected chi connectivity index (χ0v) is 11.3. The molecule has 100 valence electrons. The first-order valence-electron chi connectivity index (χ1n) is 7.10. The molecule has 0 heterocycles. The second-order valence-corrected chi connectivity index (χ2v) is 5.31. The highest BCUT2D eigenvalue weighted by atomic mass is 16.5. The summed E-state index contributed by atoms with van der Waals surface area (Å²) in [5, 5.41) is 0. The van der Waals surface area contributed by atoms with Crippen molar-refractivity contribution in [1.29, 1.82) is 0 Å². The van der Waals surface area contributed by atoms with Crippen LogP contribution >= 0.6 is 0 Å². The van der Waals surface area contributed by atoms with Crippen LogP contribution in [-0.4, -0.2) is 18.1 Å². The van der Waals surface area contributed by atoms with E-state index < -0.39 is 0 Å². The molecule has 3 nitrogen and oxygen atoms in total. The summed E-state index contributed by atoms with van der Waals surface area (Å²) in [6, 6.07) is -0.0296. The quantitative estimate of drug-likeness (QED) is 0.727. The maximum atomic E-state index is 11.7. The summed E-state index contributed by atoms with van der Waals surface area (Å²) in [7, 11) is 0. The number of esters is 1. The lowest BCUT2D eigenvalue weighted by molar-refractivity contribution is -0.151. The van der Waals surface area contributed by atoms with Crippen molar-refractivity contribution >= 4 is 5.97 Å². The van der Waals surface area contributed by atoms with Gasteiger partial charge in [0.05, 0.1) is 6.42 Å². The van der Waals surface area contributed by atoms with Crippen molar-refractivity contribution in [3.05, 3.63) is 0 Å². The van der Waals surface area contributed by atoms with E-state index >= 15 is 0 Å². The monoisotopic (exact) mass is 241 g/mol. The largest absolute Gasteiger partial charge is 0.462 e. The van der Waals surface area contributed by atoms with Crippen molar-refractivity contribution in [3.63, 3.8) is 0 Å². The Bertz CT molecular complexity index is 230. The smallest absolute Gasteiger partial charge is 0.307 e. The molecule has 0 amide bonds. The van der Waals surface area contributed by atoms with Gasteiger partial charge in [0, 0.05) is 6.04 Å². The van der Waals surface area contributed by atoms with Crippen LogP contribution in [0.3, 0.4) is 0 Å². The Kier molecular flexibility index (Phi) is 6.56. The van der Waals surface area contributed by atoms with Crippen LogP contribution in [0.1, 0.15) is 65.2 Å². The van der Waals surface area contributed by atoms with E-state index in [1.807, 2.05) is 0 Å². The van der Waals surface area contributed by atoms with E-state index in [-0.39, 0.29) is 18.1 Å². The van der Waals surface area contributed by atoms with Gasteiger partial charge in [0.25, 0.3) is 0 Å². The summed E-state index contributed by atoms with van der Waals surface area (Å²) in [4.78, 5) is 11.7. The fraction of sp³-hybridized carbons (Fsp3) is 0.929. The molecule has 1 aliphatic rings. The van der Waals surface area contributed by atoms with Gasteiger partial charge >= 0.3 is 5.97 Å². The fourth-order valence-corrected chi connectivity index (χ4v) is 2.64. The molecular formula is C14H27NO2. The lowest BCUT2D eigenvalue weighted by atomic mass is 9.85. The van der Waals surface area contributed by atoms with Crippen molar-refractivity contribution in [3.8, 4) is 0 Å². The van der Waals surface area contributed by atoms with E-state index in [0.29, 0.717) is 6.42 Å². The normalized spacial score (nSPS) is 26.5. The Labute approximate surface area is 105 Å². The number of ether oxygens (including phenoxy) is 1. The highest BCUT2D eigenvalue weighted by Gasteiger charge is 2.24. The van der Waals surface area contributed by atoms with E-state index in [4.69, 9.17) is 10.5 Å². The molecule has 1 fully saturated rings. The Morgan fingerprint density at radius 1 is 1.41 bits per heavy atom. The minimum atomic E-state index is -0.104. The molecule has 0 spiro atoms. The summed E-state index contributed by atoms with van der Waals surface area (Å²) in [6.45, 7) is 4.30. The zero-order chi connectivity index (χ0) is 12.7. The average Bonchev–Trinajstić information content (AvgIpc) is 2.29. The zero-order valence-electron chi connectivity index (χ0n) is 11.3. The third kappa shape index (κ3) is 5.53. The Morgan fingerprint density at radius 3 is 2.82 bits per heavy atom. The standard InChI is InChI=1S/C14H27NO2/c1-3-6-12(15)10-14(16)17-13-8-5-7-11(4-2)9-13/h11-13H,3-10,15H2,1-2H3. The molecule has 17 heavy (non-hydrogen) atoms. The Morgan fingerprint density at radius 2 is 2.18 bits per heavy atom. The van der Waals surface area contributed by atoms with E-state index in [1.54, 1.807) is 0 Å². The van der Waals surface area contributed by atoms with Gasteiger partial charge in [-0.3, -0.25) is 4.79 Å². The molecule has 1 saturated carbocycles. The third-order valence-electron chi connectivity index (χ3n) is 3.70. The lowest BCUT2D eigenvalue weighted by Crippen LogP contribution is -2.29. The van der Waals surface area contributed by atoms with Gasteiger partial charge in [0.1, 0.15) is 6.10 Å². The molecule has 3 atom stereocenters. The van der Waals surface area contributed by atoms with Crippen molar-refractivity contribution in [2.75, 3.05) is 0 Å². The molecular weight excluding hydrogens is 214 g/mol. The first-order chi connectivity index (χ1) is 8.15. The molecule has 0 aliphatic heterocycles. The van der Waals surface area contributed by atoms with Crippen molar-refractivity contribution in [2.24, 2.45) is 11.7 Å². The van der Waals surface area contributed by atoms with Crippen LogP contribution in [0.2, 0.25) is 0 Å². The molecule has 1 aliphatic carbocycles. The molecule has 0 aromatic heterocycles. The predicted octanol–water partition coefficient (Wildman–Crippen LogP) is 3.02. The van der Waals surface area contributed by atoms with Crippen LogP contribution < -0.4 is 5.73 Å². The maximum absolute atomic E-state index is 11.7.